The first-order chi connectivity index (χ1) is 9.86. The fraction of sp³-hybridized carbons (Fsp3) is 0.333. The maximum atomic E-state index is 13.5. The minimum Gasteiger partial charge on any atom is -0.480 e. The number of amides is 1. The largest absolute Gasteiger partial charge is 0.480 e. The lowest BCUT2D eigenvalue weighted by Gasteiger charge is -2.15. The Labute approximate surface area is 122 Å². The summed E-state index contributed by atoms with van der Waals surface area (Å²) >= 11 is 0. The highest BCUT2D eigenvalue weighted by molar-refractivity contribution is 5.97. The molecule has 1 amide bonds. The van der Waals surface area contributed by atoms with Gasteiger partial charge in [0, 0.05) is 5.56 Å². The van der Waals surface area contributed by atoms with Crippen LogP contribution in [-0.4, -0.2) is 36.2 Å². The molecule has 0 bridgehead atoms. The normalized spacial score (nSPS) is 11.8. The van der Waals surface area contributed by atoms with E-state index in [1.54, 1.807) is 13.8 Å². The van der Waals surface area contributed by atoms with Gasteiger partial charge in [0.1, 0.15) is 5.82 Å². The van der Waals surface area contributed by atoms with Crippen molar-refractivity contribution in [1.82, 2.24) is 5.32 Å². The summed E-state index contributed by atoms with van der Waals surface area (Å²) in [5, 5.41) is 11.4. The molecule has 2 N–H and O–H groups in total. The summed E-state index contributed by atoms with van der Waals surface area (Å²) < 4.78 is 18.6. The Bertz CT molecular complexity index is 534. The van der Waals surface area contributed by atoms with Crippen molar-refractivity contribution >= 4 is 11.9 Å². The Morgan fingerprint density at radius 1 is 1.43 bits per heavy atom. The number of rotatable bonds is 7. The topological polar surface area (TPSA) is 75.6 Å². The number of halogens is 1. The number of nitrogens with one attached hydrogen (secondary N) is 1. The highest BCUT2D eigenvalue weighted by atomic mass is 19.1. The molecule has 1 atom stereocenters. The molecule has 0 saturated heterocycles. The van der Waals surface area contributed by atoms with E-state index < -0.39 is 17.9 Å². The van der Waals surface area contributed by atoms with E-state index in [9.17, 15) is 14.0 Å². The molecule has 0 saturated carbocycles. The van der Waals surface area contributed by atoms with Crippen LogP contribution in [0.1, 0.15) is 21.5 Å². The minimum atomic E-state index is -1.21. The van der Waals surface area contributed by atoms with Crippen LogP contribution < -0.4 is 5.32 Å². The molecule has 1 unspecified atom stereocenters. The average Bonchev–Trinajstić information content (AvgIpc) is 2.42. The highest BCUT2D eigenvalue weighted by Crippen LogP contribution is 2.14. The molecule has 0 aromatic heterocycles. The van der Waals surface area contributed by atoms with Crippen LogP contribution in [0.25, 0.3) is 0 Å². The third-order valence-corrected chi connectivity index (χ3v) is 2.82. The molecule has 0 radical (unpaired) electrons. The van der Waals surface area contributed by atoms with Gasteiger partial charge < -0.3 is 15.2 Å². The lowest BCUT2D eigenvalue weighted by molar-refractivity contribution is -0.140. The van der Waals surface area contributed by atoms with Crippen molar-refractivity contribution < 1.29 is 23.8 Å². The van der Waals surface area contributed by atoms with Gasteiger partial charge in [-0.05, 0) is 37.1 Å². The summed E-state index contributed by atoms with van der Waals surface area (Å²) in [6.07, 6.45) is 1.48. The molecule has 0 spiro atoms. The Kier molecular flexibility index (Phi) is 6.05. The molecule has 0 heterocycles. The van der Waals surface area contributed by atoms with Crippen LogP contribution in [0.5, 0.6) is 0 Å². The Balaban J connectivity index is 2.82. The van der Waals surface area contributed by atoms with Crippen molar-refractivity contribution in [3.63, 3.8) is 0 Å². The standard InChI is InChI=1S/C15H18FNO4/c1-4-5-21-8-12(15(19)20)17-14(18)11-6-9(2)13(16)10(3)7-11/h4,6-7,12H,1,5,8H2,2-3H3,(H,17,18)(H,19,20). The van der Waals surface area contributed by atoms with E-state index in [0.29, 0.717) is 11.1 Å². The van der Waals surface area contributed by atoms with Crippen molar-refractivity contribution in [2.45, 2.75) is 19.9 Å². The number of aryl methyl sites for hydroxylation is 2. The molecule has 114 valence electrons. The second-order valence-corrected chi connectivity index (χ2v) is 4.61. The van der Waals surface area contributed by atoms with E-state index in [2.05, 4.69) is 11.9 Å². The summed E-state index contributed by atoms with van der Waals surface area (Å²) in [7, 11) is 0. The van der Waals surface area contributed by atoms with Gasteiger partial charge in [-0.2, -0.15) is 0 Å². The SMILES string of the molecule is C=CCOCC(NC(=O)c1cc(C)c(F)c(C)c1)C(=O)O. The minimum absolute atomic E-state index is 0.174. The first kappa shape index (κ1) is 16.8. The lowest BCUT2D eigenvalue weighted by atomic mass is 10.1. The Hall–Kier alpha value is -2.21. The monoisotopic (exact) mass is 295 g/mol. The van der Waals surface area contributed by atoms with Crippen LogP contribution >= 0.6 is 0 Å². The molecule has 0 aliphatic rings. The summed E-state index contributed by atoms with van der Waals surface area (Å²) in [4.78, 5) is 23.1. The highest BCUT2D eigenvalue weighted by Gasteiger charge is 2.21. The zero-order valence-electron chi connectivity index (χ0n) is 12.0. The first-order valence-electron chi connectivity index (χ1n) is 6.35. The van der Waals surface area contributed by atoms with Gasteiger partial charge in [0.2, 0.25) is 0 Å². The number of hydrogen-bond donors (Lipinski definition) is 2. The number of ether oxygens (including phenoxy) is 1. The fourth-order valence-corrected chi connectivity index (χ4v) is 1.76. The van der Waals surface area contributed by atoms with Crippen LogP contribution in [0.4, 0.5) is 4.39 Å². The van der Waals surface area contributed by atoms with Gasteiger partial charge in [-0.25, -0.2) is 9.18 Å². The summed E-state index contributed by atoms with van der Waals surface area (Å²) in [5.74, 6) is -2.17. The second kappa shape index (κ2) is 7.54. The van der Waals surface area contributed by atoms with E-state index in [-0.39, 0.29) is 24.6 Å². The van der Waals surface area contributed by atoms with Crippen LogP contribution in [0.15, 0.2) is 24.8 Å². The number of aliphatic carboxylic acids is 1. The maximum Gasteiger partial charge on any atom is 0.328 e. The molecule has 1 aromatic carbocycles. The predicted octanol–water partition coefficient (Wildman–Crippen LogP) is 1.83. The Morgan fingerprint density at radius 3 is 2.48 bits per heavy atom. The quantitative estimate of drug-likeness (QED) is 0.594. The number of carboxylic acid groups (broad SMARTS) is 1. The van der Waals surface area contributed by atoms with Gasteiger partial charge in [0.25, 0.3) is 5.91 Å². The summed E-state index contributed by atoms with van der Waals surface area (Å²) in [6.45, 7) is 6.54. The summed E-state index contributed by atoms with van der Waals surface area (Å²) in [5.41, 5.74) is 0.867. The van der Waals surface area contributed by atoms with Crippen LogP contribution in [0.2, 0.25) is 0 Å². The first-order valence-corrected chi connectivity index (χ1v) is 6.35. The van der Waals surface area contributed by atoms with Gasteiger partial charge in [-0.1, -0.05) is 6.08 Å². The van der Waals surface area contributed by atoms with E-state index in [4.69, 9.17) is 9.84 Å². The number of carbonyl (C=O) groups is 2. The van der Waals surface area contributed by atoms with Crippen molar-refractivity contribution in [3.8, 4) is 0 Å². The van der Waals surface area contributed by atoms with Crippen molar-refractivity contribution in [2.24, 2.45) is 0 Å². The Morgan fingerprint density at radius 2 is 2.00 bits per heavy atom. The molecule has 21 heavy (non-hydrogen) atoms. The predicted molar refractivity (Wildman–Crippen MR) is 75.8 cm³/mol. The molecule has 1 rings (SSSR count). The number of benzene rings is 1. The summed E-state index contributed by atoms with van der Waals surface area (Å²) in [6, 6.07) is 1.57. The maximum absolute atomic E-state index is 13.5. The van der Waals surface area contributed by atoms with E-state index in [0.717, 1.165) is 0 Å². The van der Waals surface area contributed by atoms with Gasteiger partial charge in [-0.15, -0.1) is 6.58 Å². The molecular weight excluding hydrogens is 277 g/mol. The number of carboxylic acids is 1. The van der Waals surface area contributed by atoms with Gasteiger partial charge in [0.15, 0.2) is 6.04 Å². The molecular formula is C15H18FNO4. The fourth-order valence-electron chi connectivity index (χ4n) is 1.76. The molecule has 1 aromatic rings. The van der Waals surface area contributed by atoms with E-state index in [1.807, 2.05) is 0 Å². The van der Waals surface area contributed by atoms with Crippen LogP contribution in [0, 0.1) is 19.7 Å². The van der Waals surface area contributed by atoms with Gasteiger partial charge in [-0.3, -0.25) is 4.79 Å². The van der Waals surface area contributed by atoms with E-state index in [1.165, 1.54) is 18.2 Å². The number of hydrogen-bond acceptors (Lipinski definition) is 3. The lowest BCUT2D eigenvalue weighted by Crippen LogP contribution is -2.44. The number of carbonyl (C=O) groups excluding carboxylic acids is 1. The van der Waals surface area contributed by atoms with Crippen LogP contribution in [-0.2, 0) is 9.53 Å². The smallest absolute Gasteiger partial charge is 0.328 e. The molecule has 0 fully saturated rings. The zero-order chi connectivity index (χ0) is 16.0. The third kappa shape index (κ3) is 4.68. The van der Waals surface area contributed by atoms with Crippen molar-refractivity contribution in [1.29, 1.82) is 0 Å². The third-order valence-electron chi connectivity index (χ3n) is 2.82. The van der Waals surface area contributed by atoms with Crippen molar-refractivity contribution in [3.05, 3.63) is 47.3 Å². The molecule has 6 heteroatoms. The van der Waals surface area contributed by atoms with Gasteiger partial charge >= 0.3 is 5.97 Å². The van der Waals surface area contributed by atoms with Crippen molar-refractivity contribution in [2.75, 3.05) is 13.2 Å². The van der Waals surface area contributed by atoms with Gasteiger partial charge in [0.05, 0.1) is 13.2 Å². The van der Waals surface area contributed by atoms with E-state index >= 15 is 0 Å². The molecule has 5 nitrogen and oxygen atoms in total. The average molecular weight is 295 g/mol. The van der Waals surface area contributed by atoms with Crippen LogP contribution in [0.3, 0.4) is 0 Å². The second-order valence-electron chi connectivity index (χ2n) is 4.61. The zero-order valence-corrected chi connectivity index (χ0v) is 12.0. The molecule has 0 aliphatic carbocycles. The molecule has 0 aliphatic heterocycles.